The summed E-state index contributed by atoms with van der Waals surface area (Å²) in [4.78, 5) is 12.5. The molecule has 0 aliphatic heterocycles. The predicted octanol–water partition coefficient (Wildman–Crippen LogP) is 3.89. The molecule has 0 saturated carbocycles. The van der Waals surface area contributed by atoms with Crippen LogP contribution in [0.1, 0.15) is 4.88 Å². The number of carbonyl (C=O) groups excluding carboxylic acids is 1. The second-order valence-electron chi connectivity index (χ2n) is 3.85. The van der Waals surface area contributed by atoms with Crippen LogP contribution in [0.15, 0.2) is 30.3 Å². The zero-order valence-corrected chi connectivity index (χ0v) is 12.5. The first kappa shape index (κ1) is 15.1. The van der Waals surface area contributed by atoms with Crippen molar-refractivity contribution in [1.82, 2.24) is 5.32 Å². The number of hydrogen-bond acceptors (Lipinski definition) is 3. The Kier molecular flexibility index (Phi) is 5.23. The van der Waals surface area contributed by atoms with Crippen LogP contribution in [0.5, 0.6) is 5.75 Å². The lowest BCUT2D eigenvalue weighted by molar-refractivity contribution is -0.123. The summed E-state index contributed by atoms with van der Waals surface area (Å²) >= 11 is 12.8. The Hall–Kier alpha value is -1.30. The Morgan fingerprint density at radius 3 is 2.75 bits per heavy atom. The highest BCUT2D eigenvalue weighted by atomic mass is 35.5. The molecule has 0 spiro atoms. The average Bonchev–Trinajstić information content (AvgIpc) is 2.83. The molecule has 0 aliphatic rings. The Morgan fingerprint density at radius 1 is 1.30 bits per heavy atom. The van der Waals surface area contributed by atoms with E-state index < -0.39 is 5.82 Å². The summed E-state index contributed by atoms with van der Waals surface area (Å²) in [5.74, 6) is -0.473. The van der Waals surface area contributed by atoms with Crippen LogP contribution in [0.2, 0.25) is 9.36 Å². The summed E-state index contributed by atoms with van der Waals surface area (Å²) in [6.45, 7) is 0.227. The van der Waals surface area contributed by atoms with E-state index in [-0.39, 0.29) is 17.5 Å². The van der Waals surface area contributed by atoms with E-state index in [1.54, 1.807) is 6.07 Å². The molecule has 0 saturated heterocycles. The third-order valence-electron chi connectivity index (χ3n) is 2.35. The SMILES string of the molecule is O=C(COc1ccc(F)c(Cl)c1)NCc1ccc(Cl)s1. The number of rotatable bonds is 5. The minimum atomic E-state index is -0.530. The van der Waals surface area contributed by atoms with E-state index in [0.717, 1.165) is 4.88 Å². The van der Waals surface area contributed by atoms with Crippen molar-refractivity contribution in [2.24, 2.45) is 0 Å². The highest BCUT2D eigenvalue weighted by Crippen LogP contribution is 2.22. The minimum absolute atomic E-state index is 0.0452. The molecule has 1 aromatic heterocycles. The molecule has 3 nitrogen and oxygen atoms in total. The van der Waals surface area contributed by atoms with Crippen molar-refractivity contribution in [2.45, 2.75) is 6.54 Å². The highest BCUT2D eigenvalue weighted by Gasteiger charge is 2.06. The quantitative estimate of drug-likeness (QED) is 0.901. The fraction of sp³-hybridized carbons (Fsp3) is 0.154. The van der Waals surface area contributed by atoms with Crippen molar-refractivity contribution < 1.29 is 13.9 Å². The Labute approximate surface area is 129 Å². The van der Waals surface area contributed by atoms with Gasteiger partial charge < -0.3 is 10.1 Å². The number of halogens is 3. The zero-order chi connectivity index (χ0) is 14.5. The summed E-state index contributed by atoms with van der Waals surface area (Å²) in [5.41, 5.74) is 0. The van der Waals surface area contributed by atoms with Crippen LogP contribution in [-0.4, -0.2) is 12.5 Å². The lowest BCUT2D eigenvalue weighted by Gasteiger charge is -2.07. The van der Waals surface area contributed by atoms with Crippen molar-refractivity contribution in [3.05, 3.63) is 50.4 Å². The maximum atomic E-state index is 12.9. The highest BCUT2D eigenvalue weighted by molar-refractivity contribution is 7.16. The van der Waals surface area contributed by atoms with E-state index in [1.807, 2.05) is 6.07 Å². The predicted molar refractivity (Wildman–Crippen MR) is 78.1 cm³/mol. The van der Waals surface area contributed by atoms with Crippen LogP contribution < -0.4 is 10.1 Å². The normalized spacial score (nSPS) is 10.3. The van der Waals surface area contributed by atoms with Gasteiger partial charge in [-0.15, -0.1) is 11.3 Å². The lowest BCUT2D eigenvalue weighted by atomic mass is 10.3. The van der Waals surface area contributed by atoms with Gasteiger partial charge in [-0.2, -0.15) is 0 Å². The first-order valence-corrected chi connectivity index (χ1v) is 7.20. The summed E-state index contributed by atoms with van der Waals surface area (Å²) in [6, 6.07) is 7.53. The molecule has 1 N–H and O–H groups in total. The molecule has 0 aliphatic carbocycles. The zero-order valence-electron chi connectivity index (χ0n) is 10.2. The molecular weight excluding hydrogens is 324 g/mol. The molecule has 1 amide bonds. The molecule has 0 atom stereocenters. The van der Waals surface area contributed by atoms with E-state index in [2.05, 4.69) is 5.32 Å². The van der Waals surface area contributed by atoms with Gasteiger partial charge in [-0.05, 0) is 24.3 Å². The van der Waals surface area contributed by atoms with E-state index in [4.69, 9.17) is 27.9 Å². The van der Waals surface area contributed by atoms with Crippen molar-refractivity contribution >= 4 is 40.4 Å². The molecule has 0 bridgehead atoms. The number of amides is 1. The van der Waals surface area contributed by atoms with Gasteiger partial charge in [0.05, 0.1) is 15.9 Å². The molecular formula is C13H10Cl2FNO2S. The standard InChI is InChI=1S/C13H10Cl2FNO2S/c14-10-5-8(1-3-11(10)16)19-7-13(18)17-6-9-2-4-12(15)20-9/h1-5H,6-7H2,(H,17,18). The second-order valence-corrected chi connectivity index (χ2v) is 6.05. The number of benzene rings is 1. The van der Waals surface area contributed by atoms with Gasteiger partial charge in [0.1, 0.15) is 11.6 Å². The van der Waals surface area contributed by atoms with Gasteiger partial charge in [-0.3, -0.25) is 4.79 Å². The smallest absolute Gasteiger partial charge is 0.258 e. The third kappa shape index (κ3) is 4.37. The van der Waals surface area contributed by atoms with Gasteiger partial charge in [0.2, 0.25) is 0 Å². The molecule has 2 rings (SSSR count). The van der Waals surface area contributed by atoms with Gasteiger partial charge >= 0.3 is 0 Å². The second kappa shape index (κ2) is 6.92. The van der Waals surface area contributed by atoms with Gasteiger partial charge in [0.25, 0.3) is 5.91 Å². The summed E-state index contributed by atoms with van der Waals surface area (Å²) in [7, 11) is 0. The fourth-order valence-electron chi connectivity index (χ4n) is 1.40. The van der Waals surface area contributed by atoms with Crippen LogP contribution in [0.3, 0.4) is 0 Å². The van der Waals surface area contributed by atoms with Crippen molar-refractivity contribution in [3.8, 4) is 5.75 Å². The number of thiophene rings is 1. The van der Waals surface area contributed by atoms with Crippen molar-refractivity contribution in [1.29, 1.82) is 0 Å². The molecule has 2 aromatic rings. The molecule has 20 heavy (non-hydrogen) atoms. The maximum absolute atomic E-state index is 12.9. The summed E-state index contributed by atoms with van der Waals surface area (Å²) < 4.78 is 18.8. The van der Waals surface area contributed by atoms with Crippen molar-refractivity contribution in [3.63, 3.8) is 0 Å². The van der Waals surface area contributed by atoms with Gasteiger partial charge in [-0.1, -0.05) is 23.2 Å². The fourth-order valence-corrected chi connectivity index (χ4v) is 2.60. The summed E-state index contributed by atoms with van der Waals surface area (Å²) in [5, 5.41) is 2.64. The Bertz CT molecular complexity index is 618. The maximum Gasteiger partial charge on any atom is 0.258 e. The van der Waals surface area contributed by atoms with Crippen molar-refractivity contribution in [2.75, 3.05) is 6.61 Å². The molecule has 0 fully saturated rings. The monoisotopic (exact) mass is 333 g/mol. The van der Waals surface area contributed by atoms with Crippen LogP contribution in [-0.2, 0) is 11.3 Å². The molecule has 7 heteroatoms. The summed E-state index contributed by atoms with van der Waals surface area (Å²) in [6.07, 6.45) is 0. The number of ether oxygens (including phenoxy) is 1. The van der Waals surface area contributed by atoms with Gasteiger partial charge in [0, 0.05) is 10.9 Å². The first-order chi connectivity index (χ1) is 9.54. The molecule has 0 unspecified atom stereocenters. The van der Waals surface area contributed by atoms with Crippen LogP contribution >= 0.6 is 34.5 Å². The average molecular weight is 334 g/mol. The van der Waals surface area contributed by atoms with E-state index in [9.17, 15) is 9.18 Å². The molecule has 1 heterocycles. The Morgan fingerprint density at radius 2 is 2.10 bits per heavy atom. The first-order valence-electron chi connectivity index (χ1n) is 5.63. The number of carbonyl (C=O) groups is 1. The molecule has 106 valence electrons. The molecule has 0 radical (unpaired) electrons. The third-order valence-corrected chi connectivity index (χ3v) is 3.87. The minimum Gasteiger partial charge on any atom is -0.484 e. The van der Waals surface area contributed by atoms with E-state index in [1.165, 1.54) is 29.5 Å². The van der Waals surface area contributed by atoms with Gasteiger partial charge in [0.15, 0.2) is 6.61 Å². The van der Waals surface area contributed by atoms with Crippen LogP contribution in [0.4, 0.5) is 4.39 Å². The van der Waals surface area contributed by atoms with E-state index in [0.29, 0.717) is 16.6 Å². The molecule has 1 aromatic carbocycles. The van der Waals surface area contributed by atoms with E-state index >= 15 is 0 Å². The number of nitrogens with one attached hydrogen (secondary N) is 1. The Balaban J connectivity index is 1.78. The van der Waals surface area contributed by atoms with Crippen LogP contribution in [0, 0.1) is 5.82 Å². The van der Waals surface area contributed by atoms with Crippen LogP contribution in [0.25, 0.3) is 0 Å². The lowest BCUT2D eigenvalue weighted by Crippen LogP contribution is -2.28. The van der Waals surface area contributed by atoms with Gasteiger partial charge in [-0.25, -0.2) is 4.39 Å². The largest absolute Gasteiger partial charge is 0.484 e. The topological polar surface area (TPSA) is 38.3 Å². The number of hydrogen-bond donors (Lipinski definition) is 1.